The number of aromatic nitrogens is 1. The number of rotatable bonds is 6. The van der Waals surface area contributed by atoms with Crippen LogP contribution < -0.4 is 5.73 Å². The molecule has 0 saturated carbocycles. The molecule has 1 heterocycles. The van der Waals surface area contributed by atoms with E-state index in [0.717, 1.165) is 25.3 Å². The summed E-state index contributed by atoms with van der Waals surface area (Å²) < 4.78 is 0. The van der Waals surface area contributed by atoms with Crippen LogP contribution in [0.1, 0.15) is 26.5 Å². The summed E-state index contributed by atoms with van der Waals surface area (Å²) in [5.41, 5.74) is 6.84. The van der Waals surface area contributed by atoms with Gasteiger partial charge >= 0.3 is 0 Å². The molecule has 3 heteroatoms. The molecule has 0 fully saturated rings. The van der Waals surface area contributed by atoms with Crippen molar-refractivity contribution in [3.8, 4) is 0 Å². The van der Waals surface area contributed by atoms with Crippen molar-refractivity contribution < 1.29 is 0 Å². The highest BCUT2D eigenvalue weighted by Crippen LogP contribution is 2.12. The number of hydrogen-bond donors (Lipinski definition) is 1. The van der Waals surface area contributed by atoms with Gasteiger partial charge in [0.05, 0.1) is 5.69 Å². The predicted molar refractivity (Wildman–Crippen MR) is 68.0 cm³/mol. The fourth-order valence-corrected chi connectivity index (χ4v) is 1.80. The van der Waals surface area contributed by atoms with Crippen LogP contribution >= 0.6 is 0 Å². The van der Waals surface area contributed by atoms with Gasteiger partial charge in [0.15, 0.2) is 0 Å². The second-order valence-electron chi connectivity index (χ2n) is 4.34. The van der Waals surface area contributed by atoms with Crippen molar-refractivity contribution in [2.45, 2.75) is 33.4 Å². The zero-order valence-electron chi connectivity index (χ0n) is 10.6. The number of nitrogens with two attached hydrogens (primary N) is 1. The molecule has 0 aliphatic heterocycles. The first-order valence-electron chi connectivity index (χ1n) is 6.03. The molecule has 1 aromatic rings. The third-order valence-electron chi connectivity index (χ3n) is 3.27. The molecule has 0 aliphatic carbocycles. The zero-order valence-corrected chi connectivity index (χ0v) is 10.6. The van der Waals surface area contributed by atoms with Crippen LogP contribution in [-0.4, -0.2) is 29.0 Å². The maximum Gasteiger partial charge on any atom is 0.0544 e. The Morgan fingerprint density at radius 3 is 2.62 bits per heavy atom. The molecule has 0 bridgehead atoms. The summed E-state index contributed by atoms with van der Waals surface area (Å²) >= 11 is 0. The topological polar surface area (TPSA) is 42.2 Å². The van der Waals surface area contributed by atoms with Gasteiger partial charge in [0, 0.05) is 18.8 Å². The second kappa shape index (κ2) is 6.61. The van der Waals surface area contributed by atoms with Gasteiger partial charge in [0.2, 0.25) is 0 Å². The predicted octanol–water partition coefficient (Wildman–Crippen LogP) is 1.89. The Kier molecular flexibility index (Phi) is 5.43. The summed E-state index contributed by atoms with van der Waals surface area (Å²) in [4.78, 5) is 6.78. The highest BCUT2D eigenvalue weighted by molar-refractivity contribution is 5.03. The lowest BCUT2D eigenvalue weighted by Crippen LogP contribution is -2.39. The van der Waals surface area contributed by atoms with E-state index < -0.39 is 0 Å². The molecule has 0 radical (unpaired) electrons. The van der Waals surface area contributed by atoms with Crippen LogP contribution in [0.25, 0.3) is 0 Å². The molecule has 0 aromatic carbocycles. The number of hydrogen-bond acceptors (Lipinski definition) is 3. The van der Waals surface area contributed by atoms with Crippen LogP contribution in [0.4, 0.5) is 0 Å². The van der Waals surface area contributed by atoms with Crippen molar-refractivity contribution in [3.63, 3.8) is 0 Å². The summed E-state index contributed by atoms with van der Waals surface area (Å²) in [5.74, 6) is 0.517. The number of nitrogens with zero attached hydrogens (tertiary/aromatic N) is 2. The molecule has 1 rings (SSSR count). The highest BCUT2D eigenvalue weighted by Gasteiger charge is 2.18. The van der Waals surface area contributed by atoms with Crippen molar-refractivity contribution in [2.24, 2.45) is 11.7 Å². The van der Waals surface area contributed by atoms with Crippen molar-refractivity contribution in [2.75, 3.05) is 13.1 Å². The standard InChI is InChI=1S/C13H23N3/c1-4-16(12(3)11(2)9-14)10-13-7-5-6-8-15-13/h5-8,11-12H,4,9-10,14H2,1-3H3. The van der Waals surface area contributed by atoms with Crippen LogP contribution in [0.3, 0.4) is 0 Å². The van der Waals surface area contributed by atoms with Gasteiger partial charge in [-0.25, -0.2) is 0 Å². The molecule has 2 N–H and O–H groups in total. The maximum absolute atomic E-state index is 5.72. The molecule has 0 spiro atoms. The van der Waals surface area contributed by atoms with Gasteiger partial charge in [-0.15, -0.1) is 0 Å². The first kappa shape index (κ1) is 13.1. The molecule has 0 aliphatic rings. The Hall–Kier alpha value is -0.930. The summed E-state index contributed by atoms with van der Waals surface area (Å²) in [6, 6.07) is 6.55. The Balaban J connectivity index is 2.62. The maximum atomic E-state index is 5.72. The Labute approximate surface area is 98.7 Å². The van der Waals surface area contributed by atoms with Crippen LogP contribution in [0.15, 0.2) is 24.4 Å². The average molecular weight is 221 g/mol. The van der Waals surface area contributed by atoms with E-state index in [9.17, 15) is 0 Å². The Morgan fingerprint density at radius 1 is 1.38 bits per heavy atom. The number of pyridine rings is 1. The van der Waals surface area contributed by atoms with Crippen molar-refractivity contribution in [3.05, 3.63) is 30.1 Å². The van der Waals surface area contributed by atoms with Crippen molar-refractivity contribution >= 4 is 0 Å². The van der Waals surface area contributed by atoms with Crippen molar-refractivity contribution in [1.29, 1.82) is 0 Å². The van der Waals surface area contributed by atoms with Crippen LogP contribution in [0, 0.1) is 5.92 Å². The SMILES string of the molecule is CCN(Cc1ccccn1)C(C)C(C)CN. The third kappa shape index (κ3) is 3.58. The molecular weight excluding hydrogens is 198 g/mol. The Bertz CT molecular complexity index is 286. The fourth-order valence-electron chi connectivity index (χ4n) is 1.80. The summed E-state index contributed by atoms with van der Waals surface area (Å²) in [7, 11) is 0. The minimum absolute atomic E-state index is 0.497. The smallest absolute Gasteiger partial charge is 0.0544 e. The summed E-state index contributed by atoms with van der Waals surface area (Å²) in [6.07, 6.45) is 1.85. The van der Waals surface area contributed by atoms with E-state index in [1.54, 1.807) is 0 Å². The van der Waals surface area contributed by atoms with Crippen LogP contribution in [-0.2, 0) is 6.54 Å². The second-order valence-corrected chi connectivity index (χ2v) is 4.34. The van der Waals surface area contributed by atoms with E-state index >= 15 is 0 Å². The largest absolute Gasteiger partial charge is 0.330 e. The van der Waals surface area contributed by atoms with Gasteiger partial charge in [-0.3, -0.25) is 9.88 Å². The van der Waals surface area contributed by atoms with Gasteiger partial charge in [0.1, 0.15) is 0 Å². The molecule has 2 atom stereocenters. The lowest BCUT2D eigenvalue weighted by atomic mass is 10.0. The normalized spacial score (nSPS) is 15.1. The van der Waals surface area contributed by atoms with E-state index in [1.807, 2.05) is 18.3 Å². The van der Waals surface area contributed by atoms with E-state index in [-0.39, 0.29) is 0 Å². The first-order valence-corrected chi connectivity index (χ1v) is 6.03. The van der Waals surface area contributed by atoms with E-state index in [0.29, 0.717) is 12.0 Å². The molecule has 2 unspecified atom stereocenters. The first-order chi connectivity index (χ1) is 7.69. The quantitative estimate of drug-likeness (QED) is 0.797. The lowest BCUT2D eigenvalue weighted by molar-refractivity contribution is 0.162. The third-order valence-corrected chi connectivity index (χ3v) is 3.27. The lowest BCUT2D eigenvalue weighted by Gasteiger charge is -2.31. The minimum Gasteiger partial charge on any atom is -0.330 e. The van der Waals surface area contributed by atoms with E-state index in [2.05, 4.69) is 36.7 Å². The van der Waals surface area contributed by atoms with Crippen LogP contribution in [0.5, 0.6) is 0 Å². The van der Waals surface area contributed by atoms with Crippen LogP contribution in [0.2, 0.25) is 0 Å². The highest BCUT2D eigenvalue weighted by atomic mass is 15.2. The van der Waals surface area contributed by atoms with Gasteiger partial charge in [-0.05, 0) is 38.1 Å². The molecular formula is C13H23N3. The zero-order chi connectivity index (χ0) is 12.0. The molecule has 90 valence electrons. The van der Waals surface area contributed by atoms with E-state index in [1.165, 1.54) is 0 Å². The summed E-state index contributed by atoms with van der Waals surface area (Å²) in [5, 5.41) is 0. The van der Waals surface area contributed by atoms with Gasteiger partial charge in [-0.1, -0.05) is 19.9 Å². The molecule has 0 saturated heterocycles. The van der Waals surface area contributed by atoms with Gasteiger partial charge in [0.25, 0.3) is 0 Å². The molecule has 3 nitrogen and oxygen atoms in total. The van der Waals surface area contributed by atoms with Gasteiger partial charge < -0.3 is 5.73 Å². The van der Waals surface area contributed by atoms with Crippen molar-refractivity contribution in [1.82, 2.24) is 9.88 Å². The van der Waals surface area contributed by atoms with E-state index in [4.69, 9.17) is 5.73 Å². The molecule has 1 aromatic heterocycles. The molecule has 16 heavy (non-hydrogen) atoms. The fraction of sp³-hybridized carbons (Fsp3) is 0.615. The Morgan fingerprint density at radius 2 is 2.12 bits per heavy atom. The van der Waals surface area contributed by atoms with Gasteiger partial charge in [-0.2, -0.15) is 0 Å². The monoisotopic (exact) mass is 221 g/mol. The molecule has 0 amide bonds. The average Bonchev–Trinajstić information content (AvgIpc) is 2.35. The minimum atomic E-state index is 0.497. The summed E-state index contributed by atoms with van der Waals surface area (Å²) in [6.45, 7) is 9.29.